The van der Waals surface area contributed by atoms with Gasteiger partial charge in [-0.1, -0.05) is 6.92 Å². The van der Waals surface area contributed by atoms with Crippen LogP contribution in [0.15, 0.2) is 0 Å². The molecular weight excluding hydrogens is 242 g/mol. The van der Waals surface area contributed by atoms with E-state index >= 15 is 0 Å². The third-order valence-electron chi connectivity index (χ3n) is 3.50. The number of likely N-dealkylation sites (N-methyl/N-ethyl adjacent to an activating group) is 1. The summed E-state index contributed by atoms with van der Waals surface area (Å²) in [5.74, 6) is -0.0934. The summed E-state index contributed by atoms with van der Waals surface area (Å²) in [4.78, 5) is 25.9. The van der Waals surface area contributed by atoms with E-state index < -0.39 is 5.54 Å². The molecule has 1 rings (SSSR count). The van der Waals surface area contributed by atoms with Crippen LogP contribution in [0.25, 0.3) is 0 Å². The zero-order valence-corrected chi connectivity index (χ0v) is 12.8. The maximum atomic E-state index is 12.5. The molecule has 1 fully saturated rings. The van der Waals surface area contributed by atoms with Crippen LogP contribution in [0, 0.1) is 0 Å². The quantitative estimate of drug-likeness (QED) is 0.797. The van der Waals surface area contributed by atoms with Crippen LogP contribution in [0.2, 0.25) is 0 Å². The molecule has 1 aliphatic rings. The zero-order chi connectivity index (χ0) is 14.7. The Morgan fingerprint density at radius 2 is 2.00 bits per heavy atom. The van der Waals surface area contributed by atoms with Gasteiger partial charge in [0.15, 0.2) is 0 Å². The summed E-state index contributed by atoms with van der Waals surface area (Å²) in [6, 6.07) is 0. The highest BCUT2D eigenvalue weighted by Crippen LogP contribution is 2.24. The van der Waals surface area contributed by atoms with Gasteiger partial charge in [-0.05, 0) is 46.6 Å². The van der Waals surface area contributed by atoms with Crippen molar-refractivity contribution in [3.8, 4) is 0 Å². The molecule has 0 radical (unpaired) electrons. The van der Waals surface area contributed by atoms with Crippen LogP contribution < -0.4 is 10.6 Å². The molecule has 5 heteroatoms. The molecule has 1 saturated heterocycles. The number of nitrogens with one attached hydrogen (secondary N) is 2. The molecule has 0 saturated carbocycles. The minimum Gasteiger partial charge on any atom is -0.350 e. The van der Waals surface area contributed by atoms with Crippen molar-refractivity contribution in [1.82, 2.24) is 15.5 Å². The first-order chi connectivity index (χ1) is 8.70. The van der Waals surface area contributed by atoms with E-state index in [1.807, 2.05) is 27.7 Å². The standard InChI is InChI=1S/C14H27N3O2/c1-6-14(8-7-9-15-14)12(19)17(5)10-11(18)16-13(2,3)4/h15H,6-10H2,1-5H3,(H,16,18). The topological polar surface area (TPSA) is 61.4 Å². The van der Waals surface area contributed by atoms with Crippen LogP contribution in [0.1, 0.15) is 47.0 Å². The van der Waals surface area contributed by atoms with Gasteiger partial charge < -0.3 is 15.5 Å². The minimum absolute atomic E-state index is 0.0246. The van der Waals surface area contributed by atoms with Crippen LogP contribution in [0.4, 0.5) is 0 Å². The fourth-order valence-electron chi connectivity index (χ4n) is 2.55. The second kappa shape index (κ2) is 5.90. The van der Waals surface area contributed by atoms with Gasteiger partial charge in [-0.2, -0.15) is 0 Å². The second-order valence-corrected chi connectivity index (χ2v) is 6.43. The van der Waals surface area contributed by atoms with Gasteiger partial charge in [0.05, 0.1) is 12.1 Å². The molecule has 2 N–H and O–H groups in total. The van der Waals surface area contributed by atoms with E-state index in [9.17, 15) is 9.59 Å². The van der Waals surface area contributed by atoms with Gasteiger partial charge in [0, 0.05) is 12.6 Å². The lowest BCUT2D eigenvalue weighted by Crippen LogP contribution is -2.56. The largest absolute Gasteiger partial charge is 0.350 e. The lowest BCUT2D eigenvalue weighted by molar-refractivity contribution is -0.140. The molecule has 0 aromatic carbocycles. The SMILES string of the molecule is CCC1(C(=O)N(C)CC(=O)NC(C)(C)C)CCCN1. The fraction of sp³-hybridized carbons (Fsp3) is 0.857. The highest BCUT2D eigenvalue weighted by molar-refractivity contribution is 5.90. The highest BCUT2D eigenvalue weighted by Gasteiger charge is 2.41. The van der Waals surface area contributed by atoms with E-state index in [-0.39, 0.29) is 23.9 Å². The molecule has 0 aromatic rings. The summed E-state index contributed by atoms with van der Waals surface area (Å²) in [5, 5.41) is 6.17. The van der Waals surface area contributed by atoms with Gasteiger partial charge in [-0.25, -0.2) is 0 Å². The lowest BCUT2D eigenvalue weighted by atomic mass is 9.92. The number of nitrogens with zero attached hydrogens (tertiary/aromatic N) is 1. The number of carbonyl (C=O) groups excluding carboxylic acids is 2. The predicted octanol–water partition coefficient (Wildman–Crippen LogP) is 0.892. The summed E-state index contributed by atoms with van der Waals surface area (Å²) in [5.41, 5.74) is -0.730. The Morgan fingerprint density at radius 1 is 1.37 bits per heavy atom. The minimum atomic E-state index is -0.462. The third-order valence-corrected chi connectivity index (χ3v) is 3.50. The Labute approximate surface area is 116 Å². The number of carbonyl (C=O) groups is 2. The normalized spacial score (nSPS) is 23.2. The summed E-state index contributed by atoms with van der Waals surface area (Å²) >= 11 is 0. The van der Waals surface area contributed by atoms with Gasteiger partial charge in [-0.3, -0.25) is 9.59 Å². The highest BCUT2D eigenvalue weighted by atomic mass is 16.2. The molecule has 0 aromatic heterocycles. The molecule has 19 heavy (non-hydrogen) atoms. The first-order valence-corrected chi connectivity index (χ1v) is 7.02. The summed E-state index contributed by atoms with van der Waals surface area (Å²) in [6.07, 6.45) is 2.63. The first-order valence-electron chi connectivity index (χ1n) is 7.02. The maximum Gasteiger partial charge on any atom is 0.243 e. The van der Waals surface area contributed by atoms with Crippen molar-refractivity contribution in [2.24, 2.45) is 0 Å². The molecule has 1 aliphatic heterocycles. The van der Waals surface area contributed by atoms with E-state index in [0.29, 0.717) is 0 Å². The van der Waals surface area contributed by atoms with Crippen molar-refractivity contribution in [2.75, 3.05) is 20.1 Å². The molecule has 1 atom stereocenters. The van der Waals surface area contributed by atoms with E-state index in [1.54, 1.807) is 7.05 Å². The van der Waals surface area contributed by atoms with Crippen molar-refractivity contribution in [2.45, 2.75) is 58.0 Å². The summed E-state index contributed by atoms with van der Waals surface area (Å²) in [6.45, 7) is 8.79. The van der Waals surface area contributed by atoms with Gasteiger partial charge in [0.2, 0.25) is 11.8 Å². The van der Waals surface area contributed by atoms with Crippen LogP contribution in [0.3, 0.4) is 0 Å². The van der Waals surface area contributed by atoms with Gasteiger partial charge in [0.1, 0.15) is 0 Å². The lowest BCUT2D eigenvalue weighted by Gasteiger charge is -2.32. The van der Waals surface area contributed by atoms with Crippen molar-refractivity contribution in [3.63, 3.8) is 0 Å². The van der Waals surface area contributed by atoms with Crippen molar-refractivity contribution >= 4 is 11.8 Å². The number of amides is 2. The summed E-state index contributed by atoms with van der Waals surface area (Å²) < 4.78 is 0. The van der Waals surface area contributed by atoms with E-state index in [2.05, 4.69) is 10.6 Å². The van der Waals surface area contributed by atoms with Crippen molar-refractivity contribution in [1.29, 1.82) is 0 Å². The van der Waals surface area contributed by atoms with E-state index in [0.717, 1.165) is 25.8 Å². The van der Waals surface area contributed by atoms with E-state index in [1.165, 1.54) is 4.90 Å². The van der Waals surface area contributed by atoms with Gasteiger partial charge >= 0.3 is 0 Å². The second-order valence-electron chi connectivity index (χ2n) is 6.43. The molecule has 0 spiro atoms. The zero-order valence-electron chi connectivity index (χ0n) is 12.8. The molecule has 1 heterocycles. The maximum absolute atomic E-state index is 12.5. The Kier molecular flexibility index (Phi) is 4.96. The molecule has 2 amide bonds. The van der Waals surface area contributed by atoms with Crippen molar-refractivity contribution < 1.29 is 9.59 Å². The Morgan fingerprint density at radius 3 is 2.42 bits per heavy atom. The Balaban J connectivity index is 2.60. The monoisotopic (exact) mass is 269 g/mol. The Hall–Kier alpha value is -1.10. The molecule has 5 nitrogen and oxygen atoms in total. The molecule has 1 unspecified atom stereocenters. The average Bonchev–Trinajstić information content (AvgIpc) is 2.74. The van der Waals surface area contributed by atoms with Crippen molar-refractivity contribution in [3.05, 3.63) is 0 Å². The third kappa shape index (κ3) is 4.20. The smallest absolute Gasteiger partial charge is 0.243 e. The fourth-order valence-corrected chi connectivity index (χ4v) is 2.55. The predicted molar refractivity (Wildman–Crippen MR) is 75.8 cm³/mol. The number of hydrogen-bond donors (Lipinski definition) is 2. The molecule has 0 bridgehead atoms. The summed E-state index contributed by atoms with van der Waals surface area (Å²) in [7, 11) is 1.70. The van der Waals surface area contributed by atoms with E-state index in [4.69, 9.17) is 0 Å². The molecule has 110 valence electrons. The first kappa shape index (κ1) is 16.0. The van der Waals surface area contributed by atoms with Gasteiger partial charge in [-0.15, -0.1) is 0 Å². The molecular formula is C14H27N3O2. The van der Waals surface area contributed by atoms with Crippen LogP contribution >= 0.6 is 0 Å². The van der Waals surface area contributed by atoms with Gasteiger partial charge in [0.25, 0.3) is 0 Å². The average molecular weight is 269 g/mol. The Bertz CT molecular complexity index is 341. The molecule has 0 aliphatic carbocycles. The van der Waals surface area contributed by atoms with Crippen LogP contribution in [0.5, 0.6) is 0 Å². The van der Waals surface area contributed by atoms with Crippen LogP contribution in [-0.2, 0) is 9.59 Å². The number of rotatable bonds is 4. The van der Waals surface area contributed by atoms with Crippen LogP contribution in [-0.4, -0.2) is 47.9 Å². The number of hydrogen-bond acceptors (Lipinski definition) is 3.